The van der Waals surface area contributed by atoms with Crippen LogP contribution in [0.25, 0.3) is 5.69 Å². The number of nitrogens with zero attached hydrogens (tertiary/aromatic N) is 2. The Balaban J connectivity index is 1.47. The van der Waals surface area contributed by atoms with Crippen molar-refractivity contribution >= 4 is 11.6 Å². The highest BCUT2D eigenvalue weighted by atomic mass is 16.5. The molecule has 1 spiro atoms. The maximum Gasteiger partial charge on any atom is 0.229 e. The minimum atomic E-state index is -0.0896. The number of nitrogens with one attached hydrogen (secondary N) is 2. The second kappa shape index (κ2) is 6.85. The molecule has 1 amide bonds. The van der Waals surface area contributed by atoms with Gasteiger partial charge in [-0.2, -0.15) is 0 Å². The van der Waals surface area contributed by atoms with Gasteiger partial charge in [-0.25, -0.2) is 4.98 Å². The van der Waals surface area contributed by atoms with E-state index in [0.717, 1.165) is 61.8 Å². The first-order chi connectivity index (χ1) is 12.6. The molecule has 0 saturated carbocycles. The number of carbonyl (C=O) groups excluding carboxylic acids is 1. The van der Waals surface area contributed by atoms with Gasteiger partial charge in [0.15, 0.2) is 0 Å². The van der Waals surface area contributed by atoms with E-state index in [1.807, 2.05) is 37.5 Å². The molecule has 2 N–H and O–H groups in total. The summed E-state index contributed by atoms with van der Waals surface area (Å²) >= 11 is 0. The van der Waals surface area contributed by atoms with Crippen molar-refractivity contribution in [3.8, 4) is 5.69 Å². The Morgan fingerprint density at radius 2 is 2.00 bits per heavy atom. The maximum atomic E-state index is 12.9. The third-order valence-electron chi connectivity index (χ3n) is 5.94. The van der Waals surface area contributed by atoms with E-state index in [4.69, 9.17) is 4.74 Å². The van der Waals surface area contributed by atoms with Crippen LogP contribution in [0.4, 0.5) is 5.69 Å². The topological polar surface area (TPSA) is 68.2 Å². The Labute approximate surface area is 154 Å². The fraction of sp³-hybridized carbons (Fsp3) is 0.500. The van der Waals surface area contributed by atoms with Gasteiger partial charge in [-0.1, -0.05) is 0 Å². The number of aromatic nitrogens is 2. The van der Waals surface area contributed by atoms with Crippen LogP contribution in [0.5, 0.6) is 0 Å². The van der Waals surface area contributed by atoms with Gasteiger partial charge in [0.2, 0.25) is 5.91 Å². The normalized spacial score (nSPS) is 21.8. The van der Waals surface area contributed by atoms with E-state index < -0.39 is 0 Å². The van der Waals surface area contributed by atoms with Crippen molar-refractivity contribution in [2.75, 3.05) is 25.1 Å². The number of aryl methyl sites for hydroxylation is 1. The highest BCUT2D eigenvalue weighted by molar-refractivity contribution is 5.93. The average molecular weight is 354 g/mol. The molecule has 0 aliphatic carbocycles. The van der Waals surface area contributed by atoms with E-state index in [1.165, 1.54) is 0 Å². The van der Waals surface area contributed by atoms with Crippen LogP contribution in [0.2, 0.25) is 0 Å². The summed E-state index contributed by atoms with van der Waals surface area (Å²) in [5.74, 6) is 0.115. The molecule has 2 fully saturated rings. The summed E-state index contributed by atoms with van der Waals surface area (Å²) in [4.78, 5) is 17.2. The van der Waals surface area contributed by atoms with Crippen LogP contribution in [-0.2, 0) is 9.53 Å². The summed E-state index contributed by atoms with van der Waals surface area (Å²) in [6, 6.07) is 7.95. The SMILES string of the molecule is Cc1ncn(-c2ccc(NC(=O)C3CCNC34CCOCC4)cc2)c1C. The molecule has 2 aromatic rings. The highest BCUT2D eigenvalue weighted by Gasteiger charge is 2.47. The first-order valence-electron chi connectivity index (χ1n) is 9.34. The lowest BCUT2D eigenvalue weighted by atomic mass is 9.78. The van der Waals surface area contributed by atoms with E-state index >= 15 is 0 Å². The number of amides is 1. The van der Waals surface area contributed by atoms with Gasteiger partial charge >= 0.3 is 0 Å². The molecule has 2 aliphatic rings. The van der Waals surface area contributed by atoms with Gasteiger partial charge in [-0.3, -0.25) is 4.79 Å². The maximum absolute atomic E-state index is 12.9. The van der Waals surface area contributed by atoms with Crippen LogP contribution in [0.3, 0.4) is 0 Å². The van der Waals surface area contributed by atoms with Crippen LogP contribution in [0.1, 0.15) is 30.7 Å². The molecule has 26 heavy (non-hydrogen) atoms. The van der Waals surface area contributed by atoms with Crippen LogP contribution < -0.4 is 10.6 Å². The molecule has 6 heteroatoms. The standard InChI is InChI=1S/C20H26N4O2/c1-14-15(2)24(13-21-14)17-5-3-16(4-6-17)23-19(25)18-7-10-22-20(18)8-11-26-12-9-20/h3-6,13,18,22H,7-12H2,1-2H3,(H,23,25). The predicted molar refractivity (Wildman–Crippen MR) is 101 cm³/mol. The second-order valence-corrected chi connectivity index (χ2v) is 7.36. The van der Waals surface area contributed by atoms with Crippen molar-refractivity contribution in [1.29, 1.82) is 0 Å². The first kappa shape index (κ1) is 17.2. The monoisotopic (exact) mass is 354 g/mol. The first-order valence-corrected chi connectivity index (χ1v) is 9.34. The molecule has 2 aliphatic heterocycles. The molecular weight excluding hydrogens is 328 g/mol. The second-order valence-electron chi connectivity index (χ2n) is 7.36. The lowest BCUT2D eigenvalue weighted by Crippen LogP contribution is -2.52. The molecule has 6 nitrogen and oxygen atoms in total. The van der Waals surface area contributed by atoms with Crippen molar-refractivity contribution < 1.29 is 9.53 Å². The molecule has 138 valence electrons. The molecule has 0 radical (unpaired) electrons. The summed E-state index contributed by atoms with van der Waals surface area (Å²) in [5.41, 5.74) is 3.94. The van der Waals surface area contributed by atoms with E-state index in [-0.39, 0.29) is 17.4 Å². The summed E-state index contributed by atoms with van der Waals surface area (Å²) in [6.07, 6.45) is 4.53. The fourth-order valence-corrected chi connectivity index (χ4v) is 4.20. The molecule has 4 rings (SSSR count). The van der Waals surface area contributed by atoms with Gasteiger partial charge in [-0.05, 0) is 63.9 Å². The number of hydrogen-bond donors (Lipinski definition) is 2. The van der Waals surface area contributed by atoms with Gasteiger partial charge in [0.25, 0.3) is 0 Å². The quantitative estimate of drug-likeness (QED) is 0.889. The van der Waals surface area contributed by atoms with Crippen LogP contribution in [-0.4, -0.2) is 40.8 Å². The number of carbonyl (C=O) groups is 1. The Hall–Kier alpha value is -2.18. The highest BCUT2D eigenvalue weighted by Crippen LogP contribution is 2.36. The number of benzene rings is 1. The van der Waals surface area contributed by atoms with Crippen LogP contribution in [0.15, 0.2) is 30.6 Å². The molecule has 1 aromatic carbocycles. The molecule has 1 aromatic heterocycles. The van der Waals surface area contributed by atoms with E-state index in [9.17, 15) is 4.79 Å². The van der Waals surface area contributed by atoms with Crippen LogP contribution in [0, 0.1) is 19.8 Å². The number of hydrogen-bond acceptors (Lipinski definition) is 4. The number of rotatable bonds is 3. The number of anilines is 1. The molecular formula is C20H26N4O2. The van der Waals surface area contributed by atoms with E-state index in [1.54, 1.807) is 0 Å². The van der Waals surface area contributed by atoms with Crippen molar-refractivity contribution in [2.45, 2.75) is 38.6 Å². The summed E-state index contributed by atoms with van der Waals surface area (Å²) in [5, 5.41) is 6.69. The van der Waals surface area contributed by atoms with Crippen molar-refractivity contribution in [1.82, 2.24) is 14.9 Å². The average Bonchev–Trinajstić information content (AvgIpc) is 3.20. The fourth-order valence-electron chi connectivity index (χ4n) is 4.20. The van der Waals surface area contributed by atoms with E-state index in [2.05, 4.69) is 27.1 Å². The third-order valence-corrected chi connectivity index (χ3v) is 5.94. The molecule has 1 unspecified atom stereocenters. The predicted octanol–water partition coefficient (Wildman–Crippen LogP) is 2.59. The zero-order chi connectivity index (χ0) is 18.1. The number of imidazole rings is 1. The Morgan fingerprint density at radius 1 is 1.27 bits per heavy atom. The largest absolute Gasteiger partial charge is 0.381 e. The van der Waals surface area contributed by atoms with Crippen molar-refractivity contribution in [3.05, 3.63) is 42.0 Å². The minimum Gasteiger partial charge on any atom is -0.381 e. The zero-order valence-electron chi connectivity index (χ0n) is 15.4. The summed E-state index contributed by atoms with van der Waals surface area (Å²) in [6.45, 7) is 6.42. The van der Waals surface area contributed by atoms with Gasteiger partial charge in [-0.15, -0.1) is 0 Å². The summed E-state index contributed by atoms with van der Waals surface area (Å²) in [7, 11) is 0. The summed E-state index contributed by atoms with van der Waals surface area (Å²) < 4.78 is 7.54. The van der Waals surface area contributed by atoms with Crippen molar-refractivity contribution in [3.63, 3.8) is 0 Å². The molecule has 2 saturated heterocycles. The Morgan fingerprint density at radius 3 is 2.65 bits per heavy atom. The van der Waals surface area contributed by atoms with Gasteiger partial charge in [0.05, 0.1) is 17.9 Å². The number of ether oxygens (including phenoxy) is 1. The van der Waals surface area contributed by atoms with Gasteiger partial charge in [0.1, 0.15) is 0 Å². The Bertz CT molecular complexity index is 791. The Kier molecular flexibility index (Phi) is 4.54. The third kappa shape index (κ3) is 3.04. The lowest BCUT2D eigenvalue weighted by molar-refractivity contribution is -0.122. The van der Waals surface area contributed by atoms with Gasteiger partial charge < -0.3 is 19.9 Å². The zero-order valence-corrected chi connectivity index (χ0v) is 15.4. The smallest absolute Gasteiger partial charge is 0.229 e. The molecule has 3 heterocycles. The molecule has 0 bridgehead atoms. The minimum absolute atomic E-state index is 0.00428. The van der Waals surface area contributed by atoms with E-state index in [0.29, 0.717) is 0 Å². The molecule has 1 atom stereocenters. The lowest BCUT2D eigenvalue weighted by Gasteiger charge is -2.38. The van der Waals surface area contributed by atoms with Crippen LogP contribution >= 0.6 is 0 Å². The van der Waals surface area contributed by atoms with Crippen molar-refractivity contribution in [2.24, 2.45) is 5.92 Å². The van der Waals surface area contributed by atoms with Gasteiger partial charge in [0, 0.05) is 35.8 Å².